The summed E-state index contributed by atoms with van der Waals surface area (Å²) in [6, 6.07) is 1.86. The van der Waals surface area contributed by atoms with Crippen LogP contribution in [0.25, 0.3) is 0 Å². The number of carboxylic acid groups (broad SMARTS) is 1. The Morgan fingerprint density at radius 3 is 2.80 bits per heavy atom. The van der Waals surface area contributed by atoms with Gasteiger partial charge in [-0.05, 0) is 6.07 Å². The molecule has 106 valence electrons. The van der Waals surface area contributed by atoms with Gasteiger partial charge in [0.05, 0.1) is 24.1 Å². The third-order valence-electron chi connectivity index (χ3n) is 2.76. The van der Waals surface area contributed by atoms with Crippen LogP contribution in [0.15, 0.2) is 18.5 Å². The first-order valence-corrected chi connectivity index (χ1v) is 6.30. The molecule has 0 aliphatic carbocycles. The summed E-state index contributed by atoms with van der Waals surface area (Å²) in [5.74, 6) is -0.471. The van der Waals surface area contributed by atoms with Crippen LogP contribution in [-0.4, -0.2) is 30.8 Å². The highest BCUT2D eigenvalue weighted by atomic mass is 16.4. The molecule has 2 rings (SSSR count). The van der Waals surface area contributed by atoms with E-state index in [4.69, 9.17) is 0 Å². The molecule has 0 aliphatic rings. The average molecular weight is 275 g/mol. The highest BCUT2D eigenvalue weighted by molar-refractivity contribution is 5.91. The number of carboxylic acids is 1. The zero-order valence-electron chi connectivity index (χ0n) is 11.7. The zero-order chi connectivity index (χ0) is 14.7. The van der Waals surface area contributed by atoms with Crippen molar-refractivity contribution in [3.8, 4) is 0 Å². The van der Waals surface area contributed by atoms with Gasteiger partial charge < -0.3 is 10.4 Å². The second-order valence-electron chi connectivity index (χ2n) is 4.78. The fourth-order valence-corrected chi connectivity index (χ4v) is 1.71. The minimum Gasteiger partial charge on any atom is -0.476 e. The van der Waals surface area contributed by atoms with Crippen LogP contribution in [0, 0.1) is 0 Å². The molecule has 7 nitrogen and oxygen atoms in total. The van der Waals surface area contributed by atoms with Crippen molar-refractivity contribution in [2.45, 2.75) is 26.3 Å². The largest absolute Gasteiger partial charge is 0.476 e. The fraction of sp³-hybridized carbons (Fsp3) is 0.385. The highest BCUT2D eigenvalue weighted by Gasteiger charge is 2.15. The van der Waals surface area contributed by atoms with E-state index in [9.17, 15) is 9.90 Å². The molecular formula is C13H17N5O2. The Balaban J connectivity index is 2.20. The molecule has 0 atom stereocenters. The van der Waals surface area contributed by atoms with E-state index in [1.165, 1.54) is 6.20 Å². The molecule has 0 saturated heterocycles. The smallest absolute Gasteiger partial charge is 0.356 e. The molecule has 0 unspecified atom stereocenters. The summed E-state index contributed by atoms with van der Waals surface area (Å²) < 4.78 is 1.69. The van der Waals surface area contributed by atoms with Crippen molar-refractivity contribution in [1.82, 2.24) is 19.7 Å². The third kappa shape index (κ3) is 3.11. The van der Waals surface area contributed by atoms with Gasteiger partial charge >= 0.3 is 5.97 Å². The van der Waals surface area contributed by atoms with E-state index in [1.807, 2.05) is 33.2 Å². The summed E-state index contributed by atoms with van der Waals surface area (Å²) in [7, 11) is 1.83. The van der Waals surface area contributed by atoms with E-state index in [0.29, 0.717) is 18.1 Å². The molecule has 2 N–H and O–H groups in total. The summed E-state index contributed by atoms with van der Waals surface area (Å²) in [5, 5.41) is 16.4. The van der Waals surface area contributed by atoms with Gasteiger partial charge in [-0.3, -0.25) is 4.68 Å². The van der Waals surface area contributed by atoms with Gasteiger partial charge in [0.15, 0.2) is 5.69 Å². The first kappa shape index (κ1) is 14.0. The predicted molar refractivity (Wildman–Crippen MR) is 73.6 cm³/mol. The summed E-state index contributed by atoms with van der Waals surface area (Å²) >= 11 is 0. The number of nitrogens with one attached hydrogen (secondary N) is 1. The monoisotopic (exact) mass is 275 g/mol. The lowest BCUT2D eigenvalue weighted by Gasteiger charge is -2.10. The van der Waals surface area contributed by atoms with Crippen LogP contribution >= 0.6 is 0 Å². The van der Waals surface area contributed by atoms with Gasteiger partial charge in [-0.15, -0.1) is 0 Å². The fourth-order valence-electron chi connectivity index (χ4n) is 1.71. The van der Waals surface area contributed by atoms with Crippen LogP contribution in [0.3, 0.4) is 0 Å². The van der Waals surface area contributed by atoms with Crippen molar-refractivity contribution < 1.29 is 9.90 Å². The van der Waals surface area contributed by atoms with Crippen molar-refractivity contribution in [3.05, 3.63) is 35.7 Å². The topological polar surface area (TPSA) is 92.9 Å². The van der Waals surface area contributed by atoms with E-state index < -0.39 is 5.97 Å². The van der Waals surface area contributed by atoms with Crippen LogP contribution in [0.2, 0.25) is 0 Å². The van der Waals surface area contributed by atoms with Crippen LogP contribution in [0.1, 0.15) is 41.8 Å². The molecular weight excluding hydrogens is 258 g/mol. The molecule has 0 spiro atoms. The second kappa shape index (κ2) is 5.68. The van der Waals surface area contributed by atoms with Crippen molar-refractivity contribution in [2.75, 3.05) is 5.32 Å². The number of anilines is 1. The lowest BCUT2D eigenvalue weighted by molar-refractivity contribution is 0.0691. The number of aromatic nitrogens is 4. The van der Waals surface area contributed by atoms with E-state index >= 15 is 0 Å². The van der Waals surface area contributed by atoms with E-state index in [-0.39, 0.29) is 11.6 Å². The highest BCUT2D eigenvalue weighted by Crippen LogP contribution is 2.17. The SMILES string of the molecule is CC(C)c1ncc(NCc2ccn(C)n2)c(C(=O)O)n1. The van der Waals surface area contributed by atoms with Crippen molar-refractivity contribution in [1.29, 1.82) is 0 Å². The molecule has 7 heteroatoms. The van der Waals surface area contributed by atoms with Gasteiger partial charge in [-0.2, -0.15) is 5.10 Å². The molecule has 0 amide bonds. The van der Waals surface area contributed by atoms with Gasteiger partial charge in [0.1, 0.15) is 5.82 Å². The molecule has 0 fully saturated rings. The standard InChI is InChI=1S/C13H17N5O2/c1-8(2)12-15-7-10(11(16-12)13(19)20)14-6-9-4-5-18(3)17-9/h4-5,7-8,14H,6H2,1-3H3,(H,19,20). The maximum absolute atomic E-state index is 11.3. The number of hydrogen-bond acceptors (Lipinski definition) is 5. The molecule has 2 aromatic heterocycles. The Kier molecular flexibility index (Phi) is 3.97. The first-order chi connectivity index (χ1) is 9.47. The maximum atomic E-state index is 11.3. The Hall–Kier alpha value is -2.44. The Morgan fingerprint density at radius 1 is 1.50 bits per heavy atom. The number of rotatable bonds is 5. The first-order valence-electron chi connectivity index (χ1n) is 6.30. The lowest BCUT2D eigenvalue weighted by atomic mass is 10.2. The predicted octanol–water partition coefficient (Wildman–Crippen LogP) is 1.64. The second-order valence-corrected chi connectivity index (χ2v) is 4.78. The summed E-state index contributed by atoms with van der Waals surface area (Å²) in [5.41, 5.74) is 1.20. The van der Waals surface area contributed by atoms with Crippen LogP contribution < -0.4 is 5.32 Å². The quantitative estimate of drug-likeness (QED) is 0.861. The number of hydrogen-bond donors (Lipinski definition) is 2. The summed E-state index contributed by atoms with van der Waals surface area (Å²) in [4.78, 5) is 19.5. The summed E-state index contributed by atoms with van der Waals surface area (Å²) in [6.07, 6.45) is 3.34. The average Bonchev–Trinajstić information content (AvgIpc) is 2.81. The number of aryl methyl sites for hydroxylation is 1. The zero-order valence-corrected chi connectivity index (χ0v) is 11.7. The number of carbonyl (C=O) groups is 1. The van der Waals surface area contributed by atoms with E-state index in [1.54, 1.807) is 4.68 Å². The Bertz CT molecular complexity index is 621. The lowest BCUT2D eigenvalue weighted by Crippen LogP contribution is -2.12. The van der Waals surface area contributed by atoms with Gasteiger partial charge in [-0.1, -0.05) is 13.8 Å². The maximum Gasteiger partial charge on any atom is 0.356 e. The van der Waals surface area contributed by atoms with Gasteiger partial charge in [0, 0.05) is 19.2 Å². The Morgan fingerprint density at radius 2 is 2.25 bits per heavy atom. The normalized spacial score (nSPS) is 10.8. The molecule has 0 saturated carbocycles. The Labute approximate surface area is 116 Å². The molecule has 2 aromatic rings. The van der Waals surface area contributed by atoms with Crippen LogP contribution in [0.5, 0.6) is 0 Å². The van der Waals surface area contributed by atoms with Gasteiger partial charge in [0.25, 0.3) is 0 Å². The molecule has 20 heavy (non-hydrogen) atoms. The van der Waals surface area contributed by atoms with Crippen LogP contribution in [0.4, 0.5) is 5.69 Å². The number of nitrogens with zero attached hydrogens (tertiary/aromatic N) is 4. The molecule has 0 radical (unpaired) electrons. The van der Waals surface area contributed by atoms with Gasteiger partial charge in [0.2, 0.25) is 0 Å². The van der Waals surface area contributed by atoms with E-state index in [0.717, 1.165) is 5.69 Å². The summed E-state index contributed by atoms with van der Waals surface area (Å²) in [6.45, 7) is 4.26. The molecule has 0 aliphatic heterocycles. The van der Waals surface area contributed by atoms with Crippen LogP contribution in [-0.2, 0) is 13.6 Å². The third-order valence-corrected chi connectivity index (χ3v) is 2.76. The number of aromatic carboxylic acids is 1. The van der Waals surface area contributed by atoms with E-state index in [2.05, 4.69) is 20.4 Å². The molecule has 0 bridgehead atoms. The van der Waals surface area contributed by atoms with Gasteiger partial charge in [-0.25, -0.2) is 14.8 Å². The minimum absolute atomic E-state index is 0.0142. The minimum atomic E-state index is -1.07. The van der Waals surface area contributed by atoms with Crippen molar-refractivity contribution >= 4 is 11.7 Å². The van der Waals surface area contributed by atoms with Crippen molar-refractivity contribution in [3.63, 3.8) is 0 Å². The molecule has 0 aromatic carbocycles. The molecule has 2 heterocycles. The van der Waals surface area contributed by atoms with Crippen molar-refractivity contribution in [2.24, 2.45) is 7.05 Å².